The van der Waals surface area contributed by atoms with Gasteiger partial charge in [0.25, 0.3) is 5.91 Å². The third kappa shape index (κ3) is 6.23. The number of piperazine rings is 1. The first-order chi connectivity index (χ1) is 20.6. The topological polar surface area (TPSA) is 77.1 Å². The molecule has 0 atom stereocenters. The number of carbonyl (C=O) groups excluding carboxylic acids is 3. The van der Waals surface area contributed by atoms with Gasteiger partial charge in [-0.25, -0.2) is 4.98 Å². The smallest absolute Gasteiger partial charge is 0.254 e. The van der Waals surface area contributed by atoms with Crippen LogP contribution in [0.4, 0.5) is 0 Å². The van der Waals surface area contributed by atoms with Crippen LogP contribution in [0.3, 0.4) is 0 Å². The molecule has 0 saturated carbocycles. The van der Waals surface area contributed by atoms with Gasteiger partial charge in [-0.15, -0.1) is 0 Å². The van der Waals surface area contributed by atoms with Gasteiger partial charge in [-0.2, -0.15) is 0 Å². The minimum absolute atomic E-state index is 0.0466. The summed E-state index contributed by atoms with van der Waals surface area (Å²) in [6, 6.07) is 24.3. The largest absolute Gasteiger partial charge is 0.345 e. The second-order valence-corrected chi connectivity index (χ2v) is 11.7. The van der Waals surface area contributed by atoms with Gasteiger partial charge in [-0.05, 0) is 37.8 Å². The summed E-state index contributed by atoms with van der Waals surface area (Å²) in [5.74, 6) is 0.356. The van der Waals surface area contributed by atoms with E-state index in [2.05, 4.69) is 4.90 Å². The zero-order chi connectivity index (χ0) is 28.9. The molecule has 8 nitrogen and oxygen atoms in total. The molecule has 0 unspecified atom stereocenters. The lowest BCUT2D eigenvalue weighted by molar-refractivity contribution is -0.139. The van der Waals surface area contributed by atoms with Crippen LogP contribution in [0.25, 0.3) is 22.5 Å². The fourth-order valence-corrected chi connectivity index (χ4v) is 6.60. The van der Waals surface area contributed by atoms with Crippen molar-refractivity contribution < 1.29 is 14.4 Å². The van der Waals surface area contributed by atoms with Crippen molar-refractivity contribution in [2.24, 2.45) is 5.92 Å². The van der Waals surface area contributed by atoms with E-state index in [1.54, 1.807) is 4.90 Å². The fourth-order valence-electron chi connectivity index (χ4n) is 6.60. The molecule has 2 aromatic carbocycles. The monoisotopic (exact) mass is 565 g/mol. The Kier molecular flexibility index (Phi) is 8.60. The summed E-state index contributed by atoms with van der Waals surface area (Å²) in [5, 5.41) is 0. The van der Waals surface area contributed by atoms with Gasteiger partial charge in [0.05, 0.1) is 11.4 Å². The minimum Gasteiger partial charge on any atom is -0.345 e. The zero-order valence-corrected chi connectivity index (χ0v) is 24.1. The van der Waals surface area contributed by atoms with Crippen molar-refractivity contribution >= 4 is 18.2 Å². The highest BCUT2D eigenvalue weighted by Gasteiger charge is 2.33. The number of aromatic nitrogens is 1. The Bertz CT molecular complexity index is 1320. The van der Waals surface area contributed by atoms with Crippen LogP contribution in [0.2, 0.25) is 0 Å². The molecular formula is C34H39N5O3. The Balaban J connectivity index is 1.06. The Morgan fingerprint density at radius 1 is 0.667 bits per heavy atom. The minimum atomic E-state index is 0.0466. The van der Waals surface area contributed by atoms with Crippen LogP contribution in [0.1, 0.15) is 36.0 Å². The van der Waals surface area contributed by atoms with Gasteiger partial charge in [-0.1, -0.05) is 60.7 Å². The molecule has 42 heavy (non-hydrogen) atoms. The van der Waals surface area contributed by atoms with E-state index in [4.69, 9.17) is 4.98 Å². The van der Waals surface area contributed by atoms with E-state index in [0.29, 0.717) is 37.8 Å². The first kappa shape index (κ1) is 28.1. The molecule has 3 fully saturated rings. The Morgan fingerprint density at radius 2 is 1.21 bits per heavy atom. The zero-order valence-electron chi connectivity index (χ0n) is 24.1. The van der Waals surface area contributed by atoms with Crippen LogP contribution < -0.4 is 0 Å². The van der Waals surface area contributed by atoms with Gasteiger partial charge in [0.2, 0.25) is 12.3 Å². The molecule has 8 heteroatoms. The number of piperidine rings is 2. The number of nitrogens with zero attached hydrogens (tertiary/aromatic N) is 5. The summed E-state index contributed by atoms with van der Waals surface area (Å²) in [7, 11) is 0. The van der Waals surface area contributed by atoms with Crippen molar-refractivity contribution in [2.75, 3.05) is 52.4 Å². The molecule has 0 aliphatic carbocycles. The second kappa shape index (κ2) is 12.9. The molecule has 6 rings (SSSR count). The maximum absolute atomic E-state index is 13.8. The first-order valence-electron chi connectivity index (χ1n) is 15.2. The number of benzene rings is 2. The van der Waals surface area contributed by atoms with Crippen LogP contribution in [0.5, 0.6) is 0 Å². The Morgan fingerprint density at radius 3 is 1.74 bits per heavy atom. The van der Waals surface area contributed by atoms with E-state index < -0.39 is 0 Å². The normalized spacial score (nSPS) is 19.1. The molecule has 3 saturated heterocycles. The van der Waals surface area contributed by atoms with Crippen molar-refractivity contribution in [2.45, 2.75) is 31.7 Å². The van der Waals surface area contributed by atoms with Crippen LogP contribution in [0.15, 0.2) is 72.8 Å². The van der Waals surface area contributed by atoms with Gasteiger partial charge in [0.15, 0.2) is 0 Å². The Hall–Kier alpha value is -4.04. The van der Waals surface area contributed by atoms with Crippen LogP contribution in [-0.4, -0.2) is 101 Å². The van der Waals surface area contributed by atoms with Gasteiger partial charge >= 0.3 is 0 Å². The van der Waals surface area contributed by atoms with E-state index in [1.807, 2.05) is 82.6 Å². The van der Waals surface area contributed by atoms with Gasteiger partial charge in [0.1, 0.15) is 0 Å². The van der Waals surface area contributed by atoms with Crippen molar-refractivity contribution in [1.82, 2.24) is 24.6 Å². The highest BCUT2D eigenvalue weighted by Crippen LogP contribution is 2.27. The molecule has 3 aliphatic heterocycles. The fraction of sp³-hybridized carbons (Fsp3) is 0.412. The lowest BCUT2D eigenvalue weighted by atomic mass is 9.93. The number of hydrogen-bond acceptors (Lipinski definition) is 5. The summed E-state index contributed by atoms with van der Waals surface area (Å²) < 4.78 is 0. The lowest BCUT2D eigenvalue weighted by Gasteiger charge is -2.43. The number of amides is 3. The highest BCUT2D eigenvalue weighted by molar-refractivity contribution is 5.96. The molecule has 0 N–H and O–H groups in total. The molecule has 0 spiro atoms. The van der Waals surface area contributed by atoms with Crippen molar-refractivity contribution in [3.8, 4) is 22.5 Å². The summed E-state index contributed by atoms with van der Waals surface area (Å²) in [4.78, 5) is 51.0. The third-order valence-electron chi connectivity index (χ3n) is 9.13. The van der Waals surface area contributed by atoms with E-state index >= 15 is 0 Å². The van der Waals surface area contributed by atoms with Crippen molar-refractivity contribution in [3.63, 3.8) is 0 Å². The Labute approximate surface area is 247 Å². The van der Waals surface area contributed by atoms with Gasteiger partial charge in [-0.3, -0.25) is 19.3 Å². The SMILES string of the molecule is O=CN1CCC(C(=O)N2CCC(N3CCN(C(=O)c4cc(-c5ccccc5)nc(-c5ccccc5)c4)CC3)CC2)CC1. The standard InChI is InChI=1S/C34H39N5O3/c40-25-36-15-11-28(12-16-36)33(41)38-17-13-30(14-18-38)37-19-21-39(22-20-37)34(42)29-23-31(26-7-3-1-4-8-26)35-32(24-29)27-9-5-2-6-10-27/h1-10,23-25,28,30H,11-22H2. The molecule has 218 valence electrons. The second-order valence-electron chi connectivity index (χ2n) is 11.7. The quantitative estimate of drug-likeness (QED) is 0.422. The summed E-state index contributed by atoms with van der Waals surface area (Å²) >= 11 is 0. The van der Waals surface area contributed by atoms with Crippen molar-refractivity contribution in [3.05, 3.63) is 78.4 Å². The molecular weight excluding hydrogens is 526 g/mol. The van der Waals surface area contributed by atoms with Gasteiger partial charge in [0, 0.05) is 81.0 Å². The van der Waals surface area contributed by atoms with E-state index in [9.17, 15) is 14.4 Å². The van der Waals surface area contributed by atoms with Gasteiger partial charge < -0.3 is 14.7 Å². The predicted octanol–water partition coefficient (Wildman–Crippen LogP) is 4.03. The number of likely N-dealkylation sites (tertiary alicyclic amines) is 2. The van der Waals surface area contributed by atoms with E-state index in [-0.39, 0.29) is 17.7 Å². The summed E-state index contributed by atoms with van der Waals surface area (Å²) in [5.41, 5.74) is 4.25. The number of hydrogen-bond donors (Lipinski definition) is 0. The third-order valence-corrected chi connectivity index (χ3v) is 9.13. The number of rotatable bonds is 6. The summed E-state index contributed by atoms with van der Waals surface area (Å²) in [6.45, 7) is 6.01. The number of pyridine rings is 1. The molecule has 3 amide bonds. The van der Waals surface area contributed by atoms with Crippen LogP contribution in [-0.2, 0) is 9.59 Å². The first-order valence-corrected chi connectivity index (χ1v) is 15.2. The molecule has 3 aromatic rings. The lowest BCUT2D eigenvalue weighted by Crippen LogP contribution is -2.55. The average molecular weight is 566 g/mol. The van der Waals surface area contributed by atoms with Crippen LogP contribution >= 0.6 is 0 Å². The predicted molar refractivity (Wildman–Crippen MR) is 163 cm³/mol. The van der Waals surface area contributed by atoms with E-state index in [0.717, 1.165) is 80.8 Å². The van der Waals surface area contributed by atoms with Crippen LogP contribution in [0, 0.1) is 5.92 Å². The molecule has 4 heterocycles. The molecule has 0 radical (unpaired) electrons. The number of carbonyl (C=O) groups is 3. The average Bonchev–Trinajstić information content (AvgIpc) is 3.08. The summed E-state index contributed by atoms with van der Waals surface area (Å²) in [6.07, 6.45) is 4.37. The maximum Gasteiger partial charge on any atom is 0.254 e. The van der Waals surface area contributed by atoms with Crippen molar-refractivity contribution in [1.29, 1.82) is 0 Å². The highest BCUT2D eigenvalue weighted by atomic mass is 16.2. The van der Waals surface area contributed by atoms with E-state index in [1.165, 1.54) is 0 Å². The molecule has 1 aromatic heterocycles. The molecule has 3 aliphatic rings. The maximum atomic E-state index is 13.8. The molecule has 0 bridgehead atoms.